The summed E-state index contributed by atoms with van der Waals surface area (Å²) in [5, 5.41) is 11.4. The fourth-order valence-electron chi connectivity index (χ4n) is 3.22. The molecule has 0 radical (unpaired) electrons. The number of guanidine groups is 1. The topological polar surface area (TPSA) is 67.1 Å². The third-order valence-electron chi connectivity index (χ3n) is 4.46. The maximum absolute atomic E-state index is 4.57. The number of benzene rings is 1. The lowest BCUT2D eigenvalue weighted by atomic mass is 10.1. The summed E-state index contributed by atoms with van der Waals surface area (Å²) in [6, 6.07) is 8.68. The fraction of sp³-hybridized carbons (Fsp3) is 0.500. The highest BCUT2D eigenvalue weighted by Crippen LogP contribution is 2.22. The predicted molar refractivity (Wildman–Crippen MR) is 111 cm³/mol. The molecule has 1 aromatic heterocycles. The Bertz CT molecular complexity index is 724. The molecule has 0 amide bonds. The van der Waals surface area contributed by atoms with Gasteiger partial charge in [0.25, 0.3) is 0 Å². The van der Waals surface area contributed by atoms with Crippen molar-refractivity contribution in [3.63, 3.8) is 0 Å². The van der Waals surface area contributed by atoms with Gasteiger partial charge < -0.3 is 10.6 Å². The van der Waals surface area contributed by atoms with E-state index in [0.717, 1.165) is 50.0 Å². The van der Waals surface area contributed by atoms with E-state index in [1.807, 2.05) is 11.6 Å². The van der Waals surface area contributed by atoms with Crippen LogP contribution in [-0.4, -0.2) is 27.8 Å². The monoisotopic (exact) mass is 454 g/mol. The standard InChI is InChI=1S/C18H26N6.HI/c1-4-14-8-5-6-9-15(14)12-20-18(19-3)22-16-10-7-11-24-17(16)21-13(2)23-24;/h5-6,8-9,16H,4,7,10-12H2,1-3H3,(H2,19,20,22);1H. The Kier molecular flexibility index (Phi) is 7.22. The molecule has 25 heavy (non-hydrogen) atoms. The van der Waals surface area contributed by atoms with E-state index >= 15 is 0 Å². The molecule has 0 bridgehead atoms. The lowest BCUT2D eigenvalue weighted by Crippen LogP contribution is -2.41. The van der Waals surface area contributed by atoms with Crippen LogP contribution in [0.5, 0.6) is 0 Å². The zero-order valence-corrected chi connectivity index (χ0v) is 17.4. The molecule has 0 saturated heterocycles. The third kappa shape index (κ3) is 4.71. The fourth-order valence-corrected chi connectivity index (χ4v) is 3.22. The molecule has 7 heteroatoms. The normalized spacial score (nSPS) is 16.8. The summed E-state index contributed by atoms with van der Waals surface area (Å²) >= 11 is 0. The number of rotatable bonds is 4. The number of hydrogen-bond donors (Lipinski definition) is 2. The smallest absolute Gasteiger partial charge is 0.191 e. The van der Waals surface area contributed by atoms with Gasteiger partial charge in [-0.15, -0.1) is 24.0 Å². The second-order valence-electron chi connectivity index (χ2n) is 6.13. The lowest BCUT2D eigenvalue weighted by Gasteiger charge is -2.25. The van der Waals surface area contributed by atoms with Gasteiger partial charge >= 0.3 is 0 Å². The molecule has 0 aliphatic carbocycles. The average Bonchev–Trinajstić information content (AvgIpc) is 2.99. The Morgan fingerprint density at radius 2 is 2.08 bits per heavy atom. The van der Waals surface area contributed by atoms with Gasteiger partial charge in [0, 0.05) is 20.1 Å². The van der Waals surface area contributed by atoms with Gasteiger partial charge in [0.2, 0.25) is 0 Å². The Hall–Kier alpha value is -1.64. The van der Waals surface area contributed by atoms with E-state index in [0.29, 0.717) is 0 Å². The van der Waals surface area contributed by atoms with Crippen molar-refractivity contribution in [1.29, 1.82) is 0 Å². The number of nitrogens with zero attached hydrogens (tertiary/aromatic N) is 4. The summed E-state index contributed by atoms with van der Waals surface area (Å²) in [5.41, 5.74) is 2.68. The van der Waals surface area contributed by atoms with E-state index < -0.39 is 0 Å². The summed E-state index contributed by atoms with van der Waals surface area (Å²) in [7, 11) is 1.81. The molecular formula is C18H27IN6. The minimum atomic E-state index is 0. The Morgan fingerprint density at radius 3 is 2.80 bits per heavy atom. The summed E-state index contributed by atoms with van der Waals surface area (Å²) in [6.07, 6.45) is 3.18. The van der Waals surface area contributed by atoms with Crippen LogP contribution in [0.2, 0.25) is 0 Å². The van der Waals surface area contributed by atoms with Crippen LogP contribution in [0.25, 0.3) is 0 Å². The number of hydrogen-bond acceptors (Lipinski definition) is 3. The van der Waals surface area contributed by atoms with Gasteiger partial charge in [-0.05, 0) is 37.3 Å². The molecule has 1 unspecified atom stereocenters. The van der Waals surface area contributed by atoms with E-state index in [-0.39, 0.29) is 30.0 Å². The highest BCUT2D eigenvalue weighted by molar-refractivity contribution is 14.0. The lowest BCUT2D eigenvalue weighted by molar-refractivity contribution is 0.397. The van der Waals surface area contributed by atoms with Crippen molar-refractivity contribution in [2.24, 2.45) is 4.99 Å². The van der Waals surface area contributed by atoms with Crippen LogP contribution < -0.4 is 10.6 Å². The van der Waals surface area contributed by atoms with Crippen LogP contribution in [0.15, 0.2) is 29.3 Å². The van der Waals surface area contributed by atoms with Gasteiger partial charge in [-0.1, -0.05) is 31.2 Å². The molecule has 1 atom stereocenters. The van der Waals surface area contributed by atoms with Gasteiger partial charge in [-0.3, -0.25) is 4.99 Å². The highest BCUT2D eigenvalue weighted by Gasteiger charge is 2.24. The van der Waals surface area contributed by atoms with Crippen LogP contribution in [0.3, 0.4) is 0 Å². The van der Waals surface area contributed by atoms with E-state index in [4.69, 9.17) is 0 Å². The van der Waals surface area contributed by atoms with Crippen molar-refractivity contribution in [3.05, 3.63) is 47.0 Å². The SMILES string of the molecule is CCc1ccccc1CNC(=NC)NC1CCCn2nc(C)nc21.I. The van der Waals surface area contributed by atoms with Crippen molar-refractivity contribution >= 4 is 29.9 Å². The maximum atomic E-state index is 4.57. The Morgan fingerprint density at radius 1 is 1.32 bits per heavy atom. The van der Waals surface area contributed by atoms with Crippen molar-refractivity contribution < 1.29 is 0 Å². The van der Waals surface area contributed by atoms with Crippen LogP contribution in [-0.2, 0) is 19.5 Å². The molecule has 6 nitrogen and oxygen atoms in total. The minimum absolute atomic E-state index is 0. The maximum Gasteiger partial charge on any atom is 0.191 e. The van der Waals surface area contributed by atoms with E-state index in [9.17, 15) is 0 Å². The number of aliphatic imine (C=N–C) groups is 1. The molecule has 2 heterocycles. The number of aromatic nitrogens is 3. The number of halogens is 1. The van der Waals surface area contributed by atoms with Gasteiger partial charge in [0.05, 0.1) is 6.04 Å². The van der Waals surface area contributed by atoms with Crippen LogP contribution in [0.1, 0.15) is 48.6 Å². The summed E-state index contributed by atoms with van der Waals surface area (Å²) < 4.78 is 2.01. The van der Waals surface area contributed by atoms with E-state index in [1.165, 1.54) is 11.1 Å². The van der Waals surface area contributed by atoms with Crippen molar-refractivity contribution in [3.8, 4) is 0 Å². The predicted octanol–water partition coefficient (Wildman–Crippen LogP) is 2.97. The largest absolute Gasteiger partial charge is 0.352 e. The molecule has 3 rings (SSSR count). The van der Waals surface area contributed by atoms with Gasteiger partial charge in [-0.25, -0.2) is 9.67 Å². The van der Waals surface area contributed by atoms with Crippen molar-refractivity contribution in [1.82, 2.24) is 25.4 Å². The van der Waals surface area contributed by atoms with E-state index in [2.05, 4.69) is 56.9 Å². The molecule has 2 aromatic rings. The molecule has 1 aliphatic heterocycles. The molecule has 1 aliphatic rings. The quantitative estimate of drug-likeness (QED) is 0.424. The number of nitrogens with one attached hydrogen (secondary N) is 2. The van der Waals surface area contributed by atoms with Gasteiger partial charge in [0.1, 0.15) is 11.6 Å². The first-order chi connectivity index (χ1) is 11.7. The second kappa shape index (κ2) is 9.17. The number of aryl methyl sites for hydroxylation is 3. The molecule has 0 spiro atoms. The van der Waals surface area contributed by atoms with Crippen LogP contribution in [0.4, 0.5) is 0 Å². The van der Waals surface area contributed by atoms with E-state index in [1.54, 1.807) is 7.05 Å². The minimum Gasteiger partial charge on any atom is -0.352 e. The summed E-state index contributed by atoms with van der Waals surface area (Å²) in [6.45, 7) is 5.84. The molecule has 1 aromatic carbocycles. The molecule has 136 valence electrons. The highest BCUT2D eigenvalue weighted by atomic mass is 127. The van der Waals surface area contributed by atoms with Gasteiger partial charge in [-0.2, -0.15) is 5.10 Å². The third-order valence-corrected chi connectivity index (χ3v) is 4.46. The number of fused-ring (bicyclic) bond motifs is 1. The van der Waals surface area contributed by atoms with Crippen molar-refractivity contribution in [2.45, 2.75) is 52.2 Å². The average molecular weight is 454 g/mol. The molecule has 0 fully saturated rings. The zero-order valence-electron chi connectivity index (χ0n) is 15.1. The summed E-state index contributed by atoms with van der Waals surface area (Å²) in [4.78, 5) is 8.94. The first kappa shape index (κ1) is 19.7. The first-order valence-corrected chi connectivity index (χ1v) is 8.66. The van der Waals surface area contributed by atoms with Crippen LogP contribution in [0, 0.1) is 6.92 Å². The zero-order chi connectivity index (χ0) is 16.9. The first-order valence-electron chi connectivity index (χ1n) is 8.66. The van der Waals surface area contributed by atoms with Gasteiger partial charge in [0.15, 0.2) is 5.96 Å². The van der Waals surface area contributed by atoms with Crippen LogP contribution >= 0.6 is 24.0 Å². The Balaban J connectivity index is 0.00000225. The Labute approximate surface area is 166 Å². The molecule has 2 N–H and O–H groups in total. The summed E-state index contributed by atoms with van der Waals surface area (Å²) in [5.74, 6) is 2.65. The second-order valence-corrected chi connectivity index (χ2v) is 6.13. The molecule has 0 saturated carbocycles. The molecular weight excluding hydrogens is 427 g/mol. The van der Waals surface area contributed by atoms with Crippen molar-refractivity contribution in [2.75, 3.05) is 7.05 Å².